The number of amides is 2. The third-order valence-electron chi connectivity index (χ3n) is 4.37. The number of benzene rings is 1. The molecule has 28 heavy (non-hydrogen) atoms. The van der Waals surface area contributed by atoms with Gasteiger partial charge in [-0.3, -0.25) is 14.7 Å². The van der Waals surface area contributed by atoms with Crippen LogP contribution in [0.3, 0.4) is 0 Å². The van der Waals surface area contributed by atoms with Crippen molar-refractivity contribution in [2.24, 2.45) is 0 Å². The molecule has 3 rings (SSSR count). The molecule has 0 saturated carbocycles. The topological polar surface area (TPSA) is 181 Å². The van der Waals surface area contributed by atoms with Crippen LogP contribution in [-0.2, 0) is 24.7 Å². The van der Waals surface area contributed by atoms with E-state index in [0.29, 0.717) is 5.06 Å². The summed E-state index contributed by atoms with van der Waals surface area (Å²) in [5.41, 5.74) is 0.272. The van der Waals surface area contributed by atoms with Gasteiger partial charge in [0.15, 0.2) is 0 Å². The Hall–Kier alpha value is -2.73. The zero-order valence-corrected chi connectivity index (χ0v) is 15.8. The Kier molecular flexibility index (Phi) is 5.02. The van der Waals surface area contributed by atoms with Crippen molar-refractivity contribution in [2.45, 2.75) is 29.8 Å². The molecule has 0 aliphatic carbocycles. The Morgan fingerprint density at radius 1 is 1.25 bits per heavy atom. The van der Waals surface area contributed by atoms with Gasteiger partial charge in [-0.2, -0.15) is 18.7 Å². The standard InChI is InChI=1S/C14H15N5O7S2/c15-7-9-1-4-11(5-2-9)27(21,22)17-13(16)12-6-3-10-8-18(12)14(20)19(10)26-28(23,24)25/h1-2,4-5,10,12H,3,6,8H2,(H2,16,17)(H,23,24,25)/t10-,12+/m1/s1. The summed E-state index contributed by atoms with van der Waals surface area (Å²) in [7, 11) is -9.01. The number of nitriles is 1. The smallest absolute Gasteiger partial charge is 0.310 e. The van der Waals surface area contributed by atoms with Gasteiger partial charge in [-0.15, -0.1) is 4.28 Å². The summed E-state index contributed by atoms with van der Waals surface area (Å²) in [5, 5.41) is 17.4. The van der Waals surface area contributed by atoms with Gasteiger partial charge in [0, 0.05) is 6.54 Å². The Labute approximate surface area is 160 Å². The predicted molar refractivity (Wildman–Crippen MR) is 92.6 cm³/mol. The van der Waals surface area contributed by atoms with Crippen LogP contribution < -0.4 is 4.72 Å². The van der Waals surface area contributed by atoms with Gasteiger partial charge in [0.2, 0.25) is 0 Å². The molecule has 2 heterocycles. The SMILES string of the molecule is N#Cc1ccc(S(=O)(=O)NC(=N)[C@@H]2CC[C@@H]3CN2C(=O)N3OS(=O)(=O)O)cc1. The van der Waals surface area contributed by atoms with E-state index in [9.17, 15) is 21.6 Å². The fourth-order valence-corrected chi connectivity index (χ4v) is 4.54. The number of carbonyl (C=O) groups is 1. The van der Waals surface area contributed by atoms with Gasteiger partial charge in [0.05, 0.1) is 28.6 Å². The molecule has 0 spiro atoms. The van der Waals surface area contributed by atoms with Crippen LogP contribution >= 0.6 is 0 Å². The molecule has 1 aromatic rings. The first-order valence-electron chi connectivity index (χ1n) is 7.90. The highest BCUT2D eigenvalue weighted by atomic mass is 32.3. The summed E-state index contributed by atoms with van der Waals surface area (Å²) >= 11 is 0. The van der Waals surface area contributed by atoms with E-state index in [4.69, 9.17) is 15.2 Å². The number of hydrogen-bond donors (Lipinski definition) is 3. The summed E-state index contributed by atoms with van der Waals surface area (Å²) in [4.78, 5) is 13.3. The number of urea groups is 1. The number of piperidine rings is 1. The number of hydroxylamine groups is 2. The Balaban J connectivity index is 1.75. The molecule has 2 bridgehead atoms. The van der Waals surface area contributed by atoms with Crippen molar-refractivity contribution in [3.63, 3.8) is 0 Å². The van der Waals surface area contributed by atoms with E-state index in [1.165, 1.54) is 24.3 Å². The largest absolute Gasteiger partial charge is 0.418 e. The summed E-state index contributed by atoms with van der Waals surface area (Å²) in [5.74, 6) is -0.468. The zero-order chi connectivity index (χ0) is 20.7. The first-order valence-corrected chi connectivity index (χ1v) is 10.7. The predicted octanol–water partition coefficient (Wildman–Crippen LogP) is -0.183. The van der Waals surface area contributed by atoms with Crippen LogP contribution in [-0.4, -0.2) is 61.8 Å². The molecule has 2 atom stereocenters. The molecule has 14 heteroatoms. The minimum absolute atomic E-state index is 0.0139. The minimum atomic E-state index is -4.90. The van der Waals surface area contributed by atoms with Crippen molar-refractivity contribution >= 4 is 32.3 Å². The number of nitrogens with one attached hydrogen (secondary N) is 2. The van der Waals surface area contributed by atoms with E-state index in [1.54, 1.807) is 0 Å². The maximum atomic E-state index is 12.4. The van der Waals surface area contributed by atoms with Crippen molar-refractivity contribution in [3.05, 3.63) is 29.8 Å². The molecule has 0 unspecified atom stereocenters. The highest BCUT2D eigenvalue weighted by Crippen LogP contribution is 2.31. The van der Waals surface area contributed by atoms with E-state index in [1.807, 2.05) is 6.07 Å². The second kappa shape index (κ2) is 7.02. The van der Waals surface area contributed by atoms with Crippen LogP contribution in [0.1, 0.15) is 18.4 Å². The molecule has 2 saturated heterocycles. The fourth-order valence-electron chi connectivity index (χ4n) is 3.11. The lowest BCUT2D eigenvalue weighted by Crippen LogP contribution is -2.50. The molecule has 150 valence electrons. The molecule has 0 aromatic heterocycles. The molecule has 12 nitrogen and oxygen atoms in total. The molecule has 1 aromatic carbocycles. The van der Waals surface area contributed by atoms with E-state index < -0.39 is 44.4 Å². The van der Waals surface area contributed by atoms with Crippen molar-refractivity contribution < 1.29 is 30.5 Å². The minimum Gasteiger partial charge on any atom is -0.310 e. The molecule has 2 fully saturated rings. The maximum absolute atomic E-state index is 12.4. The normalized spacial score (nSPS) is 22.1. The molecular formula is C14H15N5O7S2. The molecular weight excluding hydrogens is 414 g/mol. The van der Waals surface area contributed by atoms with Crippen LogP contribution in [0, 0.1) is 16.7 Å². The number of sulfonamides is 1. The molecule has 3 N–H and O–H groups in total. The quantitative estimate of drug-likeness (QED) is 0.327. The molecule has 2 aliphatic heterocycles. The summed E-state index contributed by atoms with van der Waals surface area (Å²) in [6.45, 7) is 0.0139. The van der Waals surface area contributed by atoms with Crippen molar-refractivity contribution in [1.82, 2.24) is 14.7 Å². The van der Waals surface area contributed by atoms with Crippen LogP contribution in [0.25, 0.3) is 0 Å². The van der Waals surface area contributed by atoms with E-state index in [2.05, 4.69) is 9.01 Å². The highest BCUT2D eigenvalue weighted by Gasteiger charge is 2.48. The van der Waals surface area contributed by atoms with Crippen LogP contribution in [0.5, 0.6) is 0 Å². The number of nitrogens with zero attached hydrogens (tertiary/aromatic N) is 3. The van der Waals surface area contributed by atoms with E-state index >= 15 is 0 Å². The van der Waals surface area contributed by atoms with Gasteiger partial charge >= 0.3 is 16.4 Å². The van der Waals surface area contributed by atoms with E-state index in [0.717, 1.165) is 4.90 Å². The number of carbonyl (C=O) groups excluding carboxylic acids is 1. The van der Waals surface area contributed by atoms with Gasteiger partial charge in [0.25, 0.3) is 10.0 Å². The third-order valence-corrected chi connectivity index (χ3v) is 6.10. The monoisotopic (exact) mass is 429 g/mol. The summed E-state index contributed by atoms with van der Waals surface area (Å²) < 4.78 is 61.8. The maximum Gasteiger partial charge on any atom is 0.418 e. The number of fused-ring (bicyclic) bond motifs is 2. The van der Waals surface area contributed by atoms with Crippen LogP contribution in [0.2, 0.25) is 0 Å². The Bertz CT molecular complexity index is 1060. The Morgan fingerprint density at radius 3 is 2.46 bits per heavy atom. The van der Waals surface area contributed by atoms with Crippen molar-refractivity contribution in [3.8, 4) is 6.07 Å². The number of hydrogen-bond acceptors (Lipinski definition) is 8. The molecule has 2 amide bonds. The van der Waals surface area contributed by atoms with Crippen LogP contribution in [0.15, 0.2) is 29.2 Å². The van der Waals surface area contributed by atoms with Crippen molar-refractivity contribution in [2.75, 3.05) is 6.54 Å². The third kappa shape index (κ3) is 3.92. The van der Waals surface area contributed by atoms with Crippen LogP contribution in [0.4, 0.5) is 4.79 Å². The average molecular weight is 429 g/mol. The first-order chi connectivity index (χ1) is 13.0. The fraction of sp³-hybridized carbons (Fsp3) is 0.357. The summed E-state index contributed by atoms with van der Waals surface area (Å²) in [6, 6.07) is 4.45. The van der Waals surface area contributed by atoms with Gasteiger partial charge in [-0.05, 0) is 37.1 Å². The first kappa shape index (κ1) is 20.0. The second-order valence-electron chi connectivity index (χ2n) is 6.17. The number of amidine groups is 1. The lowest BCUT2D eigenvalue weighted by Gasteiger charge is -2.30. The highest BCUT2D eigenvalue weighted by molar-refractivity contribution is 7.90. The number of rotatable bonds is 5. The van der Waals surface area contributed by atoms with Crippen molar-refractivity contribution in [1.29, 1.82) is 10.7 Å². The lowest BCUT2D eigenvalue weighted by molar-refractivity contribution is -0.0316. The van der Waals surface area contributed by atoms with Gasteiger partial charge in [-0.25, -0.2) is 13.2 Å². The summed E-state index contributed by atoms with van der Waals surface area (Å²) in [6.07, 6.45) is 0.430. The van der Waals surface area contributed by atoms with Gasteiger partial charge in [0.1, 0.15) is 5.84 Å². The van der Waals surface area contributed by atoms with Gasteiger partial charge in [-0.1, -0.05) is 0 Å². The van der Waals surface area contributed by atoms with Gasteiger partial charge < -0.3 is 4.90 Å². The van der Waals surface area contributed by atoms with E-state index in [-0.39, 0.29) is 29.8 Å². The Morgan fingerprint density at radius 2 is 1.89 bits per heavy atom. The molecule has 2 aliphatic rings. The molecule has 0 radical (unpaired) electrons. The lowest BCUT2D eigenvalue weighted by atomic mass is 10.0. The second-order valence-corrected chi connectivity index (χ2v) is 8.85. The zero-order valence-electron chi connectivity index (χ0n) is 14.1. The average Bonchev–Trinajstić information content (AvgIpc) is 2.85.